The van der Waals surface area contributed by atoms with Crippen molar-refractivity contribution in [3.05, 3.63) is 47.3 Å². The zero-order chi connectivity index (χ0) is 18.4. The van der Waals surface area contributed by atoms with Crippen molar-refractivity contribution in [2.24, 2.45) is 4.99 Å². The van der Waals surface area contributed by atoms with E-state index in [2.05, 4.69) is 27.2 Å². The molecule has 0 atom stereocenters. The molecule has 27 heavy (non-hydrogen) atoms. The first kappa shape index (κ1) is 21.5. The standard InChI is InChI=1S/C19H27N5O2.HI/c1-3-20-19(21-13-16-5-4-6-18(25)12-16)24-9-7-23(8-10-24)14-17-11-15(2)26-22-17;/h4-6,11-12,25H,3,7-10,13-14H2,1-2H3,(H,20,21);1H. The predicted molar refractivity (Wildman–Crippen MR) is 116 cm³/mol. The van der Waals surface area contributed by atoms with E-state index in [0.29, 0.717) is 6.54 Å². The number of nitrogens with one attached hydrogen (secondary N) is 1. The van der Waals surface area contributed by atoms with Crippen LogP contribution in [0.25, 0.3) is 0 Å². The number of rotatable bonds is 5. The number of hydrogen-bond acceptors (Lipinski definition) is 5. The highest BCUT2D eigenvalue weighted by Crippen LogP contribution is 2.13. The van der Waals surface area contributed by atoms with E-state index in [9.17, 15) is 5.11 Å². The summed E-state index contributed by atoms with van der Waals surface area (Å²) in [5.74, 6) is 2.05. The molecular weight excluding hydrogens is 457 g/mol. The van der Waals surface area contributed by atoms with Gasteiger partial charge in [-0.25, -0.2) is 4.99 Å². The molecule has 1 aliphatic rings. The fourth-order valence-corrected chi connectivity index (χ4v) is 3.09. The van der Waals surface area contributed by atoms with Gasteiger partial charge in [-0.15, -0.1) is 24.0 Å². The number of guanidine groups is 1. The van der Waals surface area contributed by atoms with Crippen molar-refractivity contribution in [3.63, 3.8) is 0 Å². The molecule has 0 aliphatic carbocycles. The van der Waals surface area contributed by atoms with Crippen LogP contribution in [0.4, 0.5) is 0 Å². The third kappa shape index (κ3) is 6.39. The number of piperazine rings is 1. The van der Waals surface area contributed by atoms with E-state index in [1.54, 1.807) is 12.1 Å². The predicted octanol–water partition coefficient (Wildman–Crippen LogP) is 2.59. The molecule has 0 bridgehead atoms. The summed E-state index contributed by atoms with van der Waals surface area (Å²) in [6, 6.07) is 9.24. The molecule has 2 aromatic rings. The second-order valence-corrected chi connectivity index (χ2v) is 6.53. The minimum atomic E-state index is 0. The van der Waals surface area contributed by atoms with Gasteiger partial charge in [0.1, 0.15) is 11.5 Å². The molecule has 148 valence electrons. The minimum absolute atomic E-state index is 0. The third-order valence-electron chi connectivity index (χ3n) is 4.39. The van der Waals surface area contributed by atoms with E-state index in [-0.39, 0.29) is 29.7 Å². The number of halogens is 1. The Hall–Kier alpha value is -1.81. The van der Waals surface area contributed by atoms with Crippen LogP contribution in [0.2, 0.25) is 0 Å². The summed E-state index contributed by atoms with van der Waals surface area (Å²) in [4.78, 5) is 9.41. The fourth-order valence-electron chi connectivity index (χ4n) is 3.09. The average molecular weight is 485 g/mol. The summed E-state index contributed by atoms with van der Waals surface area (Å²) in [5, 5.41) is 17.0. The fraction of sp³-hybridized carbons (Fsp3) is 0.474. The lowest BCUT2D eigenvalue weighted by Crippen LogP contribution is -2.52. The first-order valence-corrected chi connectivity index (χ1v) is 9.09. The topological polar surface area (TPSA) is 77.1 Å². The molecule has 2 heterocycles. The zero-order valence-electron chi connectivity index (χ0n) is 15.9. The summed E-state index contributed by atoms with van der Waals surface area (Å²) < 4.78 is 5.15. The molecule has 7 nitrogen and oxygen atoms in total. The maximum Gasteiger partial charge on any atom is 0.194 e. The Morgan fingerprint density at radius 2 is 2.04 bits per heavy atom. The summed E-state index contributed by atoms with van der Waals surface area (Å²) >= 11 is 0. The molecule has 0 saturated carbocycles. The van der Waals surface area contributed by atoms with Crippen LogP contribution >= 0.6 is 24.0 Å². The minimum Gasteiger partial charge on any atom is -0.508 e. The molecule has 1 aromatic carbocycles. The van der Waals surface area contributed by atoms with Gasteiger partial charge in [0, 0.05) is 45.3 Å². The van der Waals surface area contributed by atoms with Gasteiger partial charge in [0.05, 0.1) is 12.2 Å². The van der Waals surface area contributed by atoms with Crippen molar-refractivity contribution in [2.45, 2.75) is 26.9 Å². The quantitative estimate of drug-likeness (QED) is 0.385. The molecule has 0 unspecified atom stereocenters. The highest BCUT2D eigenvalue weighted by molar-refractivity contribution is 14.0. The molecule has 8 heteroatoms. The van der Waals surface area contributed by atoms with E-state index in [0.717, 1.165) is 62.2 Å². The van der Waals surface area contributed by atoms with Crippen molar-refractivity contribution in [2.75, 3.05) is 32.7 Å². The van der Waals surface area contributed by atoms with Crippen molar-refractivity contribution < 1.29 is 9.63 Å². The second-order valence-electron chi connectivity index (χ2n) is 6.53. The van der Waals surface area contributed by atoms with Crippen molar-refractivity contribution >= 4 is 29.9 Å². The van der Waals surface area contributed by atoms with Crippen LogP contribution in [0.3, 0.4) is 0 Å². The average Bonchev–Trinajstić information content (AvgIpc) is 3.04. The Labute approximate surface area is 177 Å². The molecule has 0 spiro atoms. The largest absolute Gasteiger partial charge is 0.508 e. The molecule has 1 saturated heterocycles. The highest BCUT2D eigenvalue weighted by Gasteiger charge is 2.20. The lowest BCUT2D eigenvalue weighted by molar-refractivity contribution is 0.169. The van der Waals surface area contributed by atoms with Gasteiger partial charge in [-0.05, 0) is 31.5 Å². The lowest BCUT2D eigenvalue weighted by Gasteiger charge is -2.36. The Balaban J connectivity index is 0.00000261. The molecule has 0 amide bonds. The van der Waals surface area contributed by atoms with Crippen LogP contribution in [0.1, 0.15) is 23.9 Å². The van der Waals surface area contributed by atoms with E-state index in [1.165, 1.54) is 0 Å². The number of aryl methyl sites for hydroxylation is 1. The van der Waals surface area contributed by atoms with Gasteiger partial charge in [-0.2, -0.15) is 0 Å². The Kier molecular flexibility index (Phi) is 8.36. The van der Waals surface area contributed by atoms with Crippen molar-refractivity contribution in [1.82, 2.24) is 20.3 Å². The van der Waals surface area contributed by atoms with Crippen LogP contribution in [0.15, 0.2) is 39.8 Å². The second kappa shape index (κ2) is 10.5. The van der Waals surface area contributed by atoms with Gasteiger partial charge in [-0.1, -0.05) is 17.3 Å². The van der Waals surface area contributed by atoms with Crippen LogP contribution in [0.5, 0.6) is 5.75 Å². The summed E-state index contributed by atoms with van der Waals surface area (Å²) in [6.45, 7) is 9.96. The summed E-state index contributed by atoms with van der Waals surface area (Å²) in [6.07, 6.45) is 0. The van der Waals surface area contributed by atoms with Crippen LogP contribution < -0.4 is 5.32 Å². The van der Waals surface area contributed by atoms with Crippen LogP contribution in [-0.2, 0) is 13.1 Å². The van der Waals surface area contributed by atoms with Gasteiger partial charge in [0.25, 0.3) is 0 Å². The first-order valence-electron chi connectivity index (χ1n) is 9.09. The number of benzene rings is 1. The first-order chi connectivity index (χ1) is 12.6. The number of phenolic OH excluding ortho intramolecular Hbond substituents is 1. The highest BCUT2D eigenvalue weighted by atomic mass is 127. The molecule has 1 aromatic heterocycles. The van der Waals surface area contributed by atoms with Gasteiger partial charge >= 0.3 is 0 Å². The number of aromatic hydroxyl groups is 1. The van der Waals surface area contributed by atoms with E-state index in [4.69, 9.17) is 9.52 Å². The number of aliphatic imine (C=N–C) groups is 1. The van der Waals surface area contributed by atoms with Crippen LogP contribution in [0, 0.1) is 6.92 Å². The maximum absolute atomic E-state index is 9.59. The number of aromatic nitrogens is 1. The molecular formula is C19H28IN5O2. The summed E-state index contributed by atoms with van der Waals surface area (Å²) in [5.41, 5.74) is 1.99. The number of phenols is 1. The van der Waals surface area contributed by atoms with E-state index >= 15 is 0 Å². The van der Waals surface area contributed by atoms with Gasteiger partial charge in [-0.3, -0.25) is 4.90 Å². The smallest absolute Gasteiger partial charge is 0.194 e. The van der Waals surface area contributed by atoms with Crippen molar-refractivity contribution in [1.29, 1.82) is 0 Å². The zero-order valence-corrected chi connectivity index (χ0v) is 18.2. The monoisotopic (exact) mass is 485 g/mol. The van der Waals surface area contributed by atoms with Gasteiger partial charge in [0.15, 0.2) is 5.96 Å². The third-order valence-corrected chi connectivity index (χ3v) is 4.39. The Morgan fingerprint density at radius 3 is 2.67 bits per heavy atom. The van der Waals surface area contributed by atoms with Crippen LogP contribution in [-0.4, -0.2) is 58.7 Å². The maximum atomic E-state index is 9.59. The summed E-state index contributed by atoms with van der Waals surface area (Å²) in [7, 11) is 0. The number of hydrogen-bond donors (Lipinski definition) is 2. The van der Waals surface area contributed by atoms with Crippen molar-refractivity contribution in [3.8, 4) is 5.75 Å². The Morgan fingerprint density at radius 1 is 1.26 bits per heavy atom. The number of nitrogens with zero attached hydrogens (tertiary/aromatic N) is 4. The lowest BCUT2D eigenvalue weighted by atomic mass is 10.2. The molecule has 1 fully saturated rings. The Bertz CT molecular complexity index is 741. The van der Waals surface area contributed by atoms with E-state index < -0.39 is 0 Å². The van der Waals surface area contributed by atoms with Gasteiger partial charge in [0.2, 0.25) is 0 Å². The molecule has 0 radical (unpaired) electrons. The SMILES string of the molecule is CCNC(=NCc1cccc(O)c1)N1CCN(Cc2cc(C)on2)CC1.I. The molecule has 3 rings (SSSR count). The van der Waals surface area contributed by atoms with E-state index in [1.807, 2.05) is 25.1 Å². The van der Waals surface area contributed by atoms with Gasteiger partial charge < -0.3 is 19.8 Å². The normalized spacial score (nSPS) is 15.5. The molecule has 1 aliphatic heterocycles. The molecule has 2 N–H and O–H groups in total.